The van der Waals surface area contributed by atoms with E-state index >= 15 is 0 Å². The van der Waals surface area contributed by atoms with E-state index in [9.17, 15) is 19.0 Å². The molecule has 0 aliphatic rings. The fraction of sp³-hybridized carbons (Fsp3) is 0.667. The van der Waals surface area contributed by atoms with Crippen LogP contribution in [0.1, 0.15) is 233 Å². The van der Waals surface area contributed by atoms with Crippen molar-refractivity contribution >= 4 is 19.7 Å². The Balaban J connectivity index is 5.23. The van der Waals surface area contributed by atoms with Crippen molar-refractivity contribution in [1.29, 1.82) is 0 Å². The van der Waals surface area contributed by atoms with E-state index in [-0.39, 0.29) is 31.5 Å². The summed E-state index contributed by atoms with van der Waals surface area (Å²) >= 11 is 0. The average Bonchev–Trinajstić information content (AvgIpc) is 3.38. The van der Waals surface area contributed by atoms with Gasteiger partial charge in [-0.05, 0) is 115 Å². The normalized spacial score (nSPS) is 14.6. The van der Waals surface area contributed by atoms with Crippen molar-refractivity contribution in [3.8, 4) is 0 Å². The first-order valence-corrected chi connectivity index (χ1v) is 31.9. The number of rotatable bonds is 53. The number of phosphoric ester groups is 1. The number of unbranched alkanes of at least 4 members (excludes halogenated alkanes) is 19. The Labute approximate surface area is 467 Å². The topological polar surface area (TPSA) is 111 Å². The number of hydrogen-bond donors (Lipinski definition) is 2. The van der Waals surface area contributed by atoms with E-state index in [1.54, 1.807) is 0 Å². The van der Waals surface area contributed by atoms with Crippen molar-refractivity contribution in [2.45, 2.75) is 245 Å². The van der Waals surface area contributed by atoms with Gasteiger partial charge in [0, 0.05) is 12.8 Å². The number of hydrogen-bond acceptors (Lipinski definition) is 6. The Kier molecular flexibility index (Phi) is 52.2. The molecule has 0 saturated carbocycles. The summed E-state index contributed by atoms with van der Waals surface area (Å²) in [4.78, 5) is 37.6. The van der Waals surface area contributed by atoms with Gasteiger partial charge < -0.3 is 19.4 Å². The third-order valence-corrected chi connectivity index (χ3v) is 13.6. The zero-order chi connectivity index (χ0) is 55.7. The first-order chi connectivity index (χ1) is 36.9. The number of carbonyl (C=O) groups excluding carboxylic acids is 2. The summed E-state index contributed by atoms with van der Waals surface area (Å²) in [6.45, 7) is 6.73. The van der Waals surface area contributed by atoms with Gasteiger partial charge in [0.2, 0.25) is 5.91 Å². The number of carbonyl (C=O) groups is 2. The van der Waals surface area contributed by atoms with E-state index < -0.39 is 20.0 Å². The van der Waals surface area contributed by atoms with E-state index in [4.69, 9.17) is 13.8 Å². The van der Waals surface area contributed by atoms with E-state index in [0.717, 1.165) is 141 Å². The second kappa shape index (κ2) is 54.8. The molecule has 0 rings (SSSR count). The molecule has 1 amide bonds. The Bertz CT molecular complexity index is 1720. The zero-order valence-electron chi connectivity index (χ0n) is 49.4. The number of phosphoric acid groups is 1. The van der Waals surface area contributed by atoms with Crippen LogP contribution in [0.3, 0.4) is 0 Å². The molecule has 0 aliphatic carbocycles. The Morgan fingerprint density at radius 3 is 1.26 bits per heavy atom. The van der Waals surface area contributed by atoms with Gasteiger partial charge in [0.15, 0.2) is 0 Å². The highest BCUT2D eigenvalue weighted by molar-refractivity contribution is 7.47. The largest absolute Gasteiger partial charge is 0.472 e. The lowest BCUT2D eigenvalue weighted by atomic mass is 10.1. The van der Waals surface area contributed by atoms with Crippen LogP contribution in [0.4, 0.5) is 0 Å². The third kappa shape index (κ3) is 55.2. The predicted octanol–water partition coefficient (Wildman–Crippen LogP) is 18.7. The van der Waals surface area contributed by atoms with Gasteiger partial charge in [-0.15, -0.1) is 0 Å². The van der Waals surface area contributed by atoms with Gasteiger partial charge in [-0.3, -0.25) is 18.6 Å². The second-order valence-electron chi connectivity index (χ2n) is 21.1. The summed E-state index contributed by atoms with van der Waals surface area (Å²) in [7, 11) is 1.45. The highest BCUT2D eigenvalue weighted by Gasteiger charge is 2.30. The third-order valence-electron chi connectivity index (χ3n) is 12.6. The van der Waals surface area contributed by atoms with Gasteiger partial charge in [0.1, 0.15) is 19.3 Å². The number of esters is 1. The number of allylic oxidation sites excluding steroid dienone is 19. The lowest BCUT2D eigenvalue weighted by Crippen LogP contribution is -2.47. The van der Waals surface area contributed by atoms with Crippen LogP contribution in [-0.2, 0) is 27.9 Å². The number of nitrogens with one attached hydrogen (secondary N) is 1. The van der Waals surface area contributed by atoms with Gasteiger partial charge in [-0.1, -0.05) is 226 Å². The maximum absolute atomic E-state index is 13.5. The van der Waals surface area contributed by atoms with Crippen LogP contribution >= 0.6 is 7.82 Å². The number of amides is 1. The fourth-order valence-corrected chi connectivity index (χ4v) is 8.75. The van der Waals surface area contributed by atoms with E-state index in [2.05, 4.69) is 135 Å². The monoisotopic (exact) mass is 1080 g/mol. The van der Waals surface area contributed by atoms with E-state index in [1.807, 2.05) is 33.3 Å². The molecule has 0 bridgehead atoms. The SMILES string of the molecule is CC/C=C\C/C=C\C/C=C\C/C=C\C/C=C\C/C=C\CCCCCCCCC(=O)OC(/C=C\CCCCCCCCCCC)C(COP(=O)(O)OCC[N+](C)(C)C)NC(=O)CCCCCC/C=C/C/C=C/C/C=C/CC. The standard InChI is InChI=1S/C66H113N2O7P/c1-7-10-13-16-19-22-25-27-29-30-31-32-33-34-35-36-37-38-39-41-44-47-50-53-56-59-66(70)75-64(57-54-51-48-45-42-24-21-18-15-12-9-3)63(62-74-76(71,72)73-61-60-68(4,5)6)67-65(69)58-55-52-49-46-43-40-28-26-23-20-17-14-11-8-2/h10-11,13-14,19-20,22-23,27-29,31-32,34-35,37-38,40,54,57,63-64H,7-9,12,15-18,21,24-26,30,33,36,39,41-53,55-56,58-62H2,1-6H3,(H-,67,69,71,72)/p+1/b13-10-,14-11+,22-19-,23-20+,29-27-,32-31-,35-34-,38-37-,40-28+,57-54-. The average molecular weight is 1080 g/mol. The molecule has 434 valence electrons. The van der Waals surface area contributed by atoms with Crippen molar-refractivity contribution in [3.05, 3.63) is 122 Å². The van der Waals surface area contributed by atoms with Gasteiger partial charge in [-0.2, -0.15) is 0 Å². The van der Waals surface area contributed by atoms with Crippen LogP contribution in [0.15, 0.2) is 122 Å². The van der Waals surface area contributed by atoms with Gasteiger partial charge in [0.25, 0.3) is 0 Å². The molecule has 3 unspecified atom stereocenters. The zero-order valence-corrected chi connectivity index (χ0v) is 50.3. The molecule has 0 spiro atoms. The van der Waals surface area contributed by atoms with Crippen LogP contribution in [0, 0.1) is 0 Å². The maximum atomic E-state index is 13.5. The molecule has 0 radical (unpaired) electrons. The first-order valence-electron chi connectivity index (χ1n) is 30.4. The molecule has 3 atom stereocenters. The van der Waals surface area contributed by atoms with Crippen LogP contribution in [0.5, 0.6) is 0 Å². The summed E-state index contributed by atoms with van der Waals surface area (Å²) in [5.74, 6) is -0.558. The van der Waals surface area contributed by atoms with Crippen molar-refractivity contribution < 1.29 is 37.3 Å². The quantitative estimate of drug-likeness (QED) is 0.0205. The number of nitrogens with zero attached hydrogens (tertiary/aromatic N) is 1. The highest BCUT2D eigenvalue weighted by Crippen LogP contribution is 2.43. The first kappa shape index (κ1) is 72.4. The molecule has 10 heteroatoms. The lowest BCUT2D eigenvalue weighted by molar-refractivity contribution is -0.870. The van der Waals surface area contributed by atoms with Crippen molar-refractivity contribution in [2.24, 2.45) is 0 Å². The maximum Gasteiger partial charge on any atom is 0.472 e. The fourth-order valence-electron chi connectivity index (χ4n) is 8.01. The molecule has 0 fully saturated rings. The Morgan fingerprint density at radius 2 is 0.842 bits per heavy atom. The molecular weight excluding hydrogens is 964 g/mol. The molecule has 0 aliphatic heterocycles. The molecule has 2 N–H and O–H groups in total. The minimum atomic E-state index is -4.46. The molecule has 0 heterocycles. The summed E-state index contributed by atoms with van der Waals surface area (Å²) in [6.07, 6.45) is 76.3. The smallest absolute Gasteiger partial charge is 0.456 e. The minimum Gasteiger partial charge on any atom is -0.456 e. The Morgan fingerprint density at radius 1 is 0.474 bits per heavy atom. The summed E-state index contributed by atoms with van der Waals surface area (Å²) in [6, 6.07) is -0.874. The lowest BCUT2D eigenvalue weighted by Gasteiger charge is -2.27. The number of ether oxygens (including phenoxy) is 1. The molecule has 76 heavy (non-hydrogen) atoms. The molecule has 0 aromatic heterocycles. The second-order valence-corrected chi connectivity index (χ2v) is 22.6. The van der Waals surface area contributed by atoms with Crippen molar-refractivity contribution in [3.63, 3.8) is 0 Å². The van der Waals surface area contributed by atoms with Crippen LogP contribution < -0.4 is 5.32 Å². The molecule has 0 saturated heterocycles. The van der Waals surface area contributed by atoms with E-state index in [0.29, 0.717) is 30.3 Å². The van der Waals surface area contributed by atoms with E-state index in [1.165, 1.54) is 44.9 Å². The summed E-state index contributed by atoms with van der Waals surface area (Å²) < 4.78 is 30.6. The van der Waals surface area contributed by atoms with Crippen LogP contribution in [0.2, 0.25) is 0 Å². The van der Waals surface area contributed by atoms with Crippen molar-refractivity contribution in [2.75, 3.05) is 40.9 Å². The van der Waals surface area contributed by atoms with Crippen molar-refractivity contribution in [1.82, 2.24) is 5.32 Å². The van der Waals surface area contributed by atoms with Crippen LogP contribution in [0.25, 0.3) is 0 Å². The molecular formula is C66H114N2O7P+. The molecule has 9 nitrogen and oxygen atoms in total. The number of likely N-dealkylation sites (N-methyl/N-ethyl adjacent to an activating group) is 1. The predicted molar refractivity (Wildman–Crippen MR) is 327 cm³/mol. The Hall–Kier alpha value is -3.59. The van der Waals surface area contributed by atoms with Crippen LogP contribution in [-0.4, -0.2) is 74.3 Å². The molecule has 0 aromatic rings. The highest BCUT2D eigenvalue weighted by atomic mass is 31.2. The number of quaternary nitrogens is 1. The summed E-state index contributed by atoms with van der Waals surface area (Å²) in [5, 5.41) is 3.03. The molecule has 0 aromatic carbocycles. The van der Waals surface area contributed by atoms with Gasteiger partial charge in [-0.25, -0.2) is 4.57 Å². The van der Waals surface area contributed by atoms with Gasteiger partial charge >= 0.3 is 13.8 Å². The summed E-state index contributed by atoms with van der Waals surface area (Å²) in [5.41, 5.74) is 0. The van der Waals surface area contributed by atoms with Gasteiger partial charge in [0.05, 0.1) is 33.8 Å². The minimum absolute atomic E-state index is 0.0264.